The predicted octanol–water partition coefficient (Wildman–Crippen LogP) is 1.81. The number of aromatic nitrogens is 1. The Morgan fingerprint density at radius 1 is 1.14 bits per heavy atom. The summed E-state index contributed by atoms with van der Waals surface area (Å²) in [6.45, 7) is 1.16. The Balaban J connectivity index is 1.59. The fraction of sp³-hybridized carbons (Fsp3) is 0.200. The van der Waals surface area contributed by atoms with Gasteiger partial charge in [0, 0.05) is 6.20 Å². The molecule has 0 saturated carbocycles. The van der Waals surface area contributed by atoms with Crippen molar-refractivity contribution in [1.82, 2.24) is 4.98 Å². The predicted molar refractivity (Wildman–Crippen MR) is 76.3 cm³/mol. The monoisotopic (exact) mass is 285 g/mol. The van der Waals surface area contributed by atoms with Crippen molar-refractivity contribution in [3.63, 3.8) is 0 Å². The molecule has 0 amide bonds. The molecule has 0 fully saturated rings. The Hall–Kier alpha value is -2.60. The molecule has 6 nitrogen and oxygen atoms in total. The molecule has 0 atom stereocenters. The van der Waals surface area contributed by atoms with Gasteiger partial charge in [-0.1, -0.05) is 6.07 Å². The number of nitrogen functional groups attached to an aromatic ring is 1. The molecule has 0 bridgehead atoms. The van der Waals surface area contributed by atoms with E-state index in [0.717, 1.165) is 22.6 Å². The first-order valence-electron chi connectivity index (χ1n) is 6.48. The van der Waals surface area contributed by atoms with Crippen LogP contribution >= 0.6 is 0 Å². The molecule has 0 unspecified atom stereocenters. The number of hydrogen-bond acceptors (Lipinski definition) is 5. The highest BCUT2D eigenvalue weighted by atomic mass is 16.7. The highest BCUT2D eigenvalue weighted by Crippen LogP contribution is 2.32. The molecular weight excluding hydrogens is 270 g/mol. The van der Waals surface area contributed by atoms with Crippen LogP contribution in [0.5, 0.6) is 11.5 Å². The number of hydrogen-bond donors (Lipinski definition) is 2. The Morgan fingerprint density at radius 3 is 2.71 bits per heavy atom. The van der Waals surface area contributed by atoms with Gasteiger partial charge < -0.3 is 19.9 Å². The third-order valence-electron chi connectivity index (χ3n) is 3.07. The second kappa shape index (κ2) is 5.80. The van der Waals surface area contributed by atoms with E-state index in [2.05, 4.69) is 4.98 Å². The topological polar surface area (TPSA) is 90.5 Å². The smallest absolute Gasteiger partial charge is 0.231 e. The van der Waals surface area contributed by atoms with E-state index in [4.69, 9.17) is 25.4 Å². The molecule has 1 aliphatic rings. The highest BCUT2D eigenvalue weighted by molar-refractivity contribution is 5.93. The van der Waals surface area contributed by atoms with Gasteiger partial charge in [0.1, 0.15) is 11.5 Å². The molecule has 0 saturated heterocycles. The maximum Gasteiger partial charge on any atom is 0.231 e. The lowest BCUT2D eigenvalue weighted by atomic mass is 10.2. The number of pyridine rings is 1. The minimum atomic E-state index is -0.0485. The highest BCUT2D eigenvalue weighted by Gasteiger charge is 2.13. The van der Waals surface area contributed by atoms with Crippen molar-refractivity contribution < 1.29 is 14.2 Å². The molecule has 1 aliphatic heterocycles. The second-order valence-corrected chi connectivity index (χ2v) is 4.64. The Labute approximate surface area is 122 Å². The summed E-state index contributed by atoms with van der Waals surface area (Å²) in [5.74, 6) is 1.46. The molecule has 3 N–H and O–H groups in total. The lowest BCUT2D eigenvalue weighted by Gasteiger charge is -2.06. The first-order chi connectivity index (χ1) is 10.2. The molecule has 6 heteroatoms. The summed E-state index contributed by atoms with van der Waals surface area (Å²) >= 11 is 0. The number of nitrogens with one attached hydrogen (secondary N) is 1. The van der Waals surface area contributed by atoms with E-state index in [1.165, 1.54) is 0 Å². The number of fused-ring (bicyclic) bond motifs is 1. The maximum atomic E-state index is 7.36. The van der Waals surface area contributed by atoms with Crippen LogP contribution in [0.3, 0.4) is 0 Å². The van der Waals surface area contributed by atoms with E-state index >= 15 is 0 Å². The number of benzene rings is 1. The summed E-state index contributed by atoms with van der Waals surface area (Å²) in [4.78, 5) is 4.01. The molecule has 2 heterocycles. The lowest BCUT2D eigenvalue weighted by molar-refractivity contribution is 0.107. The van der Waals surface area contributed by atoms with Crippen molar-refractivity contribution in [3.05, 3.63) is 53.3 Å². The minimum Gasteiger partial charge on any atom is -0.454 e. The van der Waals surface area contributed by atoms with Gasteiger partial charge in [0.15, 0.2) is 11.5 Å². The van der Waals surface area contributed by atoms with Crippen LogP contribution in [0.15, 0.2) is 36.5 Å². The van der Waals surface area contributed by atoms with Gasteiger partial charge in [-0.05, 0) is 35.4 Å². The Kier molecular flexibility index (Phi) is 3.70. The molecule has 0 radical (unpaired) electrons. The quantitative estimate of drug-likeness (QED) is 0.646. The van der Waals surface area contributed by atoms with Crippen LogP contribution in [-0.4, -0.2) is 17.6 Å². The SMILES string of the molecule is N=C(N)c1cc(COCc2ccc3c(c2)OCO3)ccn1. The summed E-state index contributed by atoms with van der Waals surface area (Å²) in [6, 6.07) is 9.33. The average molecular weight is 285 g/mol. The van der Waals surface area contributed by atoms with Crippen molar-refractivity contribution in [2.75, 3.05) is 6.79 Å². The Morgan fingerprint density at radius 2 is 1.90 bits per heavy atom. The fourth-order valence-electron chi connectivity index (χ4n) is 2.03. The molecular formula is C15H15N3O3. The molecule has 1 aromatic heterocycles. The lowest BCUT2D eigenvalue weighted by Crippen LogP contribution is -2.13. The average Bonchev–Trinajstić information content (AvgIpc) is 2.95. The second-order valence-electron chi connectivity index (χ2n) is 4.64. The zero-order valence-electron chi connectivity index (χ0n) is 11.3. The molecule has 3 rings (SSSR count). The van der Waals surface area contributed by atoms with Crippen molar-refractivity contribution in [1.29, 1.82) is 5.41 Å². The van der Waals surface area contributed by atoms with Crippen LogP contribution < -0.4 is 15.2 Å². The standard InChI is InChI=1S/C15H15N3O3/c16-15(17)12-5-11(3-4-18-12)8-19-7-10-1-2-13-14(6-10)21-9-20-13/h1-6H,7-9H2,(H3,16,17). The number of nitrogens with zero attached hydrogens (tertiary/aromatic N) is 1. The van der Waals surface area contributed by atoms with E-state index < -0.39 is 0 Å². The van der Waals surface area contributed by atoms with Crippen LogP contribution in [0.1, 0.15) is 16.8 Å². The van der Waals surface area contributed by atoms with E-state index in [9.17, 15) is 0 Å². The third-order valence-corrected chi connectivity index (χ3v) is 3.07. The zero-order valence-corrected chi connectivity index (χ0v) is 11.3. The van der Waals surface area contributed by atoms with Gasteiger partial charge in [0.05, 0.1) is 13.2 Å². The number of ether oxygens (including phenoxy) is 3. The van der Waals surface area contributed by atoms with Crippen LogP contribution in [0.25, 0.3) is 0 Å². The fourth-order valence-corrected chi connectivity index (χ4v) is 2.03. The van der Waals surface area contributed by atoms with E-state index in [1.54, 1.807) is 12.3 Å². The van der Waals surface area contributed by atoms with Gasteiger partial charge in [-0.2, -0.15) is 0 Å². The van der Waals surface area contributed by atoms with Gasteiger partial charge in [0.25, 0.3) is 0 Å². The summed E-state index contributed by atoms with van der Waals surface area (Å²) in [6.07, 6.45) is 1.62. The van der Waals surface area contributed by atoms with E-state index in [1.807, 2.05) is 24.3 Å². The van der Waals surface area contributed by atoms with Crippen molar-refractivity contribution in [2.45, 2.75) is 13.2 Å². The first kappa shape index (κ1) is 13.4. The van der Waals surface area contributed by atoms with E-state index in [-0.39, 0.29) is 12.6 Å². The first-order valence-corrected chi connectivity index (χ1v) is 6.48. The zero-order chi connectivity index (χ0) is 14.7. The number of amidine groups is 1. The van der Waals surface area contributed by atoms with Gasteiger partial charge in [-0.15, -0.1) is 0 Å². The van der Waals surface area contributed by atoms with Gasteiger partial charge in [-0.25, -0.2) is 0 Å². The Bertz CT molecular complexity index is 673. The van der Waals surface area contributed by atoms with Gasteiger partial charge >= 0.3 is 0 Å². The molecule has 0 aliphatic carbocycles. The summed E-state index contributed by atoms with van der Waals surface area (Å²) < 4.78 is 16.2. The van der Waals surface area contributed by atoms with Crippen LogP contribution in [0.4, 0.5) is 0 Å². The summed E-state index contributed by atoms with van der Waals surface area (Å²) in [5, 5.41) is 7.36. The van der Waals surface area contributed by atoms with Gasteiger partial charge in [-0.3, -0.25) is 10.4 Å². The van der Waals surface area contributed by atoms with Crippen molar-refractivity contribution >= 4 is 5.84 Å². The molecule has 2 aromatic rings. The summed E-state index contributed by atoms with van der Waals surface area (Å²) in [5.41, 5.74) is 7.81. The minimum absolute atomic E-state index is 0.0485. The number of rotatable bonds is 5. The van der Waals surface area contributed by atoms with Crippen molar-refractivity contribution in [3.8, 4) is 11.5 Å². The molecule has 1 aromatic carbocycles. The number of nitrogens with two attached hydrogens (primary N) is 1. The van der Waals surface area contributed by atoms with E-state index in [0.29, 0.717) is 18.9 Å². The molecule has 108 valence electrons. The normalized spacial score (nSPS) is 12.4. The molecule has 0 spiro atoms. The largest absolute Gasteiger partial charge is 0.454 e. The van der Waals surface area contributed by atoms with Crippen LogP contribution in [0.2, 0.25) is 0 Å². The summed E-state index contributed by atoms with van der Waals surface area (Å²) in [7, 11) is 0. The van der Waals surface area contributed by atoms with Crippen molar-refractivity contribution in [2.24, 2.45) is 5.73 Å². The van der Waals surface area contributed by atoms with Crippen LogP contribution in [-0.2, 0) is 18.0 Å². The third kappa shape index (κ3) is 3.11. The van der Waals surface area contributed by atoms with Crippen LogP contribution in [0, 0.1) is 5.41 Å². The molecule has 21 heavy (non-hydrogen) atoms. The maximum absolute atomic E-state index is 7.36. The van der Waals surface area contributed by atoms with Gasteiger partial charge in [0.2, 0.25) is 6.79 Å².